The summed E-state index contributed by atoms with van der Waals surface area (Å²) in [7, 11) is 0. The van der Waals surface area contributed by atoms with Crippen LogP contribution in [0.15, 0.2) is 42.5 Å². The molecule has 0 saturated carbocycles. The Morgan fingerprint density at radius 3 is 2.63 bits per heavy atom. The molecule has 0 aliphatic carbocycles. The lowest BCUT2D eigenvalue weighted by Gasteiger charge is -2.32. The van der Waals surface area contributed by atoms with Crippen LogP contribution in [0.5, 0.6) is 0 Å². The standard InChI is InChI=1S/C20H20ClN3O2S/c1-12-4-7-14(8-5-12)22-18(26)24-11-19(2,3)27-20(24)15-10-13(21)6-9-16(15)23-17(20)25/h4-10H,11H2,1-3H3,(H,22,26)(H,23,25)/t20-/m0/s1. The number of halogens is 1. The Morgan fingerprint density at radius 1 is 1.22 bits per heavy atom. The molecule has 27 heavy (non-hydrogen) atoms. The van der Waals surface area contributed by atoms with E-state index in [1.807, 2.05) is 45.0 Å². The molecule has 7 heteroatoms. The quantitative estimate of drug-likeness (QED) is 0.720. The van der Waals surface area contributed by atoms with Crippen LogP contribution in [0.4, 0.5) is 16.2 Å². The van der Waals surface area contributed by atoms with Crippen molar-refractivity contribution >= 4 is 46.7 Å². The number of anilines is 2. The normalized spacial score (nSPS) is 22.7. The second-order valence-electron chi connectivity index (χ2n) is 7.53. The van der Waals surface area contributed by atoms with Crippen molar-refractivity contribution in [1.29, 1.82) is 0 Å². The third-order valence-corrected chi connectivity index (χ3v) is 6.63. The maximum absolute atomic E-state index is 13.2. The maximum Gasteiger partial charge on any atom is 0.323 e. The van der Waals surface area contributed by atoms with E-state index < -0.39 is 4.87 Å². The maximum atomic E-state index is 13.2. The monoisotopic (exact) mass is 401 g/mol. The summed E-state index contributed by atoms with van der Waals surface area (Å²) < 4.78 is -0.286. The first-order valence-corrected chi connectivity index (χ1v) is 9.88. The van der Waals surface area contributed by atoms with Crippen LogP contribution in [0.3, 0.4) is 0 Å². The van der Waals surface area contributed by atoms with Crippen molar-refractivity contribution in [3.05, 3.63) is 58.6 Å². The van der Waals surface area contributed by atoms with Gasteiger partial charge < -0.3 is 10.6 Å². The van der Waals surface area contributed by atoms with Gasteiger partial charge in [-0.2, -0.15) is 0 Å². The molecule has 0 unspecified atom stereocenters. The number of nitrogens with zero attached hydrogens (tertiary/aromatic N) is 1. The second kappa shape index (κ2) is 6.17. The van der Waals surface area contributed by atoms with Crippen LogP contribution in [-0.4, -0.2) is 28.1 Å². The van der Waals surface area contributed by atoms with Crippen molar-refractivity contribution in [3.8, 4) is 0 Å². The van der Waals surface area contributed by atoms with Gasteiger partial charge in [0.05, 0.1) is 0 Å². The molecule has 2 N–H and O–H groups in total. The van der Waals surface area contributed by atoms with Gasteiger partial charge in [0.2, 0.25) is 0 Å². The topological polar surface area (TPSA) is 61.4 Å². The zero-order chi connectivity index (χ0) is 19.4. The summed E-state index contributed by atoms with van der Waals surface area (Å²) in [6, 6.07) is 12.6. The van der Waals surface area contributed by atoms with Crippen molar-refractivity contribution in [1.82, 2.24) is 4.90 Å². The van der Waals surface area contributed by atoms with Crippen LogP contribution in [0.1, 0.15) is 25.0 Å². The summed E-state index contributed by atoms with van der Waals surface area (Å²) in [6.45, 7) is 6.50. The molecule has 1 spiro atoms. The van der Waals surface area contributed by atoms with Gasteiger partial charge in [-0.15, -0.1) is 11.8 Å². The molecule has 1 atom stereocenters. The lowest BCUT2D eigenvalue weighted by atomic mass is 10.0. The lowest BCUT2D eigenvalue weighted by Crippen LogP contribution is -2.49. The minimum absolute atomic E-state index is 0.214. The number of aryl methyl sites for hydroxylation is 1. The van der Waals surface area contributed by atoms with Crippen molar-refractivity contribution in [2.24, 2.45) is 0 Å². The first-order chi connectivity index (χ1) is 12.7. The van der Waals surface area contributed by atoms with Crippen molar-refractivity contribution < 1.29 is 9.59 Å². The third kappa shape index (κ3) is 2.97. The number of rotatable bonds is 1. The second-order valence-corrected chi connectivity index (χ2v) is 9.87. The highest BCUT2D eigenvalue weighted by atomic mass is 35.5. The molecule has 2 aromatic rings. The first-order valence-electron chi connectivity index (χ1n) is 8.68. The number of carbonyl (C=O) groups is 2. The van der Waals surface area contributed by atoms with E-state index in [4.69, 9.17) is 11.6 Å². The molecule has 140 valence electrons. The summed E-state index contributed by atoms with van der Waals surface area (Å²) in [5.74, 6) is -0.214. The molecule has 1 fully saturated rings. The van der Waals surface area contributed by atoms with Gasteiger partial charge in [-0.1, -0.05) is 29.3 Å². The summed E-state index contributed by atoms with van der Waals surface area (Å²) >= 11 is 7.69. The summed E-state index contributed by atoms with van der Waals surface area (Å²) in [5, 5.41) is 6.37. The largest absolute Gasteiger partial charge is 0.323 e. The van der Waals surface area contributed by atoms with Crippen LogP contribution in [0, 0.1) is 6.92 Å². The van der Waals surface area contributed by atoms with E-state index >= 15 is 0 Å². The Bertz CT molecular complexity index is 945. The average Bonchev–Trinajstić information content (AvgIpc) is 3.04. The Morgan fingerprint density at radius 2 is 1.93 bits per heavy atom. The van der Waals surface area contributed by atoms with E-state index in [2.05, 4.69) is 10.6 Å². The molecule has 0 bridgehead atoms. The van der Waals surface area contributed by atoms with E-state index in [1.54, 1.807) is 23.1 Å². The molecule has 0 aromatic heterocycles. The van der Waals surface area contributed by atoms with Gasteiger partial charge in [-0.25, -0.2) is 4.79 Å². The van der Waals surface area contributed by atoms with Crippen molar-refractivity contribution in [3.63, 3.8) is 0 Å². The van der Waals surface area contributed by atoms with Gasteiger partial charge in [0.15, 0.2) is 4.87 Å². The molecular formula is C20H20ClN3O2S. The summed E-state index contributed by atoms with van der Waals surface area (Å²) in [4.78, 5) is 26.7. The molecule has 1 saturated heterocycles. The van der Waals surface area contributed by atoms with Crippen LogP contribution in [0.25, 0.3) is 0 Å². The molecule has 2 heterocycles. The fraction of sp³-hybridized carbons (Fsp3) is 0.300. The van der Waals surface area contributed by atoms with E-state index in [0.717, 1.165) is 11.1 Å². The number of hydrogen-bond donors (Lipinski definition) is 2. The zero-order valence-electron chi connectivity index (χ0n) is 15.3. The summed E-state index contributed by atoms with van der Waals surface area (Å²) in [5.41, 5.74) is 3.23. The Labute approximate surface area is 167 Å². The van der Waals surface area contributed by atoms with Gasteiger partial charge in [0.1, 0.15) is 0 Å². The van der Waals surface area contributed by atoms with Gasteiger partial charge in [-0.05, 0) is 51.1 Å². The molecule has 4 rings (SSSR count). The van der Waals surface area contributed by atoms with Gasteiger partial charge in [-0.3, -0.25) is 9.69 Å². The Hall–Kier alpha value is -2.18. The van der Waals surface area contributed by atoms with E-state index in [-0.39, 0.29) is 16.7 Å². The fourth-order valence-corrected chi connectivity index (χ4v) is 5.47. The first kappa shape index (κ1) is 18.2. The number of fused-ring (bicyclic) bond motifs is 2. The van der Waals surface area contributed by atoms with Crippen LogP contribution in [-0.2, 0) is 9.67 Å². The molecule has 2 aromatic carbocycles. The number of carbonyl (C=O) groups excluding carboxylic acids is 2. The van der Waals surface area contributed by atoms with Gasteiger partial charge >= 0.3 is 6.03 Å². The molecule has 5 nitrogen and oxygen atoms in total. The minimum atomic E-state index is -1.13. The number of hydrogen-bond acceptors (Lipinski definition) is 3. The predicted molar refractivity (Wildman–Crippen MR) is 110 cm³/mol. The number of nitrogens with one attached hydrogen (secondary N) is 2. The van der Waals surface area contributed by atoms with E-state index in [0.29, 0.717) is 22.9 Å². The third-order valence-electron chi connectivity index (χ3n) is 4.79. The molecule has 2 aliphatic heterocycles. The number of urea groups is 1. The lowest BCUT2D eigenvalue weighted by molar-refractivity contribution is -0.121. The Kier molecular flexibility index (Phi) is 4.16. The molecule has 3 amide bonds. The van der Waals surface area contributed by atoms with Gasteiger partial charge in [0.25, 0.3) is 5.91 Å². The molecule has 2 aliphatic rings. The number of amides is 3. The van der Waals surface area contributed by atoms with Gasteiger partial charge in [0, 0.05) is 33.3 Å². The van der Waals surface area contributed by atoms with Crippen LogP contribution >= 0.6 is 23.4 Å². The smallest absolute Gasteiger partial charge is 0.323 e. The predicted octanol–water partition coefficient (Wildman–Crippen LogP) is 4.81. The minimum Gasteiger partial charge on any atom is -0.323 e. The number of thioether (sulfide) groups is 1. The highest BCUT2D eigenvalue weighted by molar-refractivity contribution is 8.02. The zero-order valence-corrected chi connectivity index (χ0v) is 16.9. The molecule has 0 radical (unpaired) electrons. The Balaban J connectivity index is 1.75. The summed E-state index contributed by atoms with van der Waals surface area (Å²) in [6.07, 6.45) is 0. The fourth-order valence-electron chi connectivity index (χ4n) is 3.63. The van der Waals surface area contributed by atoms with E-state index in [9.17, 15) is 9.59 Å². The van der Waals surface area contributed by atoms with Crippen molar-refractivity contribution in [2.45, 2.75) is 30.4 Å². The highest BCUT2D eigenvalue weighted by Gasteiger charge is 2.61. The number of benzene rings is 2. The SMILES string of the molecule is Cc1ccc(NC(=O)N2CC(C)(C)S[C@@]23C(=O)Nc2ccc(Cl)cc23)cc1. The highest BCUT2D eigenvalue weighted by Crippen LogP contribution is 2.58. The van der Waals surface area contributed by atoms with Crippen molar-refractivity contribution in [2.75, 3.05) is 17.2 Å². The molecular weight excluding hydrogens is 382 g/mol. The van der Waals surface area contributed by atoms with E-state index in [1.165, 1.54) is 11.8 Å². The average molecular weight is 402 g/mol. The van der Waals surface area contributed by atoms with Crippen LogP contribution in [0.2, 0.25) is 5.02 Å². The van der Waals surface area contributed by atoms with Crippen LogP contribution < -0.4 is 10.6 Å².